The molecular formula is C22H24F18O9. The van der Waals surface area contributed by atoms with Gasteiger partial charge in [-0.3, -0.25) is 0 Å². The molecule has 0 radical (unpaired) electrons. The summed E-state index contributed by atoms with van der Waals surface area (Å²) in [6, 6.07) is 0. The smallest absolute Gasteiger partial charge is 0.459 e. The van der Waals surface area contributed by atoms with Gasteiger partial charge in [0.15, 0.2) is 12.2 Å². The third-order valence-electron chi connectivity index (χ3n) is 5.23. The number of hydrogen-bond acceptors (Lipinski definition) is 9. The van der Waals surface area contributed by atoms with E-state index in [4.69, 9.17) is 0 Å². The molecule has 292 valence electrons. The van der Waals surface area contributed by atoms with E-state index in [2.05, 4.69) is 33.2 Å². The van der Waals surface area contributed by atoms with E-state index < -0.39 is 125 Å². The minimum Gasteiger partial charge on any atom is -0.459 e. The van der Waals surface area contributed by atoms with Crippen molar-refractivity contribution in [2.75, 3.05) is 39.6 Å². The molecule has 0 heterocycles. The Bertz CT molecular complexity index is 966. The SMILES string of the molecule is CCC(F)(F)OC(COC(F)(C(=O)OCCOCCOC(=O)C(F)(OCC(OC(F)(F)CC)C(F)(F)F)C(F)(F)F)C(F)(F)F)C(F)(F)F. The number of halogens is 18. The minimum atomic E-state index is -6.49. The van der Waals surface area contributed by atoms with Crippen LogP contribution in [0, 0.1) is 0 Å². The fraction of sp³-hybridized carbons (Fsp3) is 0.909. The number of rotatable bonds is 20. The van der Waals surface area contributed by atoms with Crippen molar-refractivity contribution in [1.29, 1.82) is 0 Å². The van der Waals surface area contributed by atoms with E-state index in [1.165, 1.54) is 0 Å². The van der Waals surface area contributed by atoms with Gasteiger partial charge < -0.3 is 33.2 Å². The number of alkyl halides is 18. The van der Waals surface area contributed by atoms with E-state index in [9.17, 15) is 88.6 Å². The summed E-state index contributed by atoms with van der Waals surface area (Å²) >= 11 is 0. The van der Waals surface area contributed by atoms with Crippen molar-refractivity contribution in [1.82, 2.24) is 0 Å². The second-order valence-electron chi connectivity index (χ2n) is 8.97. The van der Waals surface area contributed by atoms with E-state index in [0.29, 0.717) is 13.8 Å². The average molecular weight is 774 g/mol. The molecular weight excluding hydrogens is 750 g/mol. The molecule has 0 aromatic rings. The first-order valence-corrected chi connectivity index (χ1v) is 12.8. The molecule has 0 aromatic carbocycles. The zero-order valence-electron chi connectivity index (χ0n) is 24.3. The van der Waals surface area contributed by atoms with Gasteiger partial charge in [-0.25, -0.2) is 9.59 Å². The molecule has 49 heavy (non-hydrogen) atoms. The first-order chi connectivity index (χ1) is 21.8. The molecule has 27 heteroatoms. The number of carbonyl (C=O) groups is 2. The summed E-state index contributed by atoms with van der Waals surface area (Å²) in [6.07, 6.45) is -44.5. The maximum atomic E-state index is 14.4. The van der Waals surface area contributed by atoms with Crippen LogP contribution in [0.15, 0.2) is 0 Å². The van der Waals surface area contributed by atoms with E-state index in [0.717, 1.165) is 0 Å². The highest BCUT2D eigenvalue weighted by molar-refractivity contribution is 5.79. The van der Waals surface area contributed by atoms with Gasteiger partial charge in [0.2, 0.25) is 0 Å². The Morgan fingerprint density at radius 1 is 0.490 bits per heavy atom. The van der Waals surface area contributed by atoms with Crippen LogP contribution in [-0.2, 0) is 42.7 Å². The minimum absolute atomic E-state index is 0.605. The van der Waals surface area contributed by atoms with Gasteiger partial charge in [-0.2, -0.15) is 79.0 Å². The summed E-state index contributed by atoms with van der Waals surface area (Å²) in [7, 11) is 0. The topological polar surface area (TPSA) is 98.8 Å². The lowest BCUT2D eigenvalue weighted by atomic mass is 10.3. The standard InChI is InChI=1S/C22H24F18O9/c1-3-15(23,24)48-11(19(29,30)31)9-46-17(27,21(35,36)37)13(41)44-7-5-43-6-8-45-14(42)18(28,22(38,39)40)47-10-12(20(32,33)34)49-16(25,26)4-2/h11-12H,3-10H2,1-2H3. The second kappa shape index (κ2) is 17.1. The van der Waals surface area contributed by atoms with Crippen molar-refractivity contribution in [2.45, 2.75) is 87.5 Å². The van der Waals surface area contributed by atoms with Crippen molar-refractivity contribution in [3.63, 3.8) is 0 Å². The molecule has 0 saturated carbocycles. The number of esters is 2. The quantitative estimate of drug-likeness (QED) is 0.0783. The predicted octanol–water partition coefficient (Wildman–Crippen LogP) is 6.48. The lowest BCUT2D eigenvalue weighted by Crippen LogP contribution is -2.54. The van der Waals surface area contributed by atoms with Crippen molar-refractivity contribution >= 4 is 11.9 Å². The lowest BCUT2D eigenvalue weighted by Gasteiger charge is -2.30. The Kier molecular flexibility index (Phi) is 16.2. The van der Waals surface area contributed by atoms with Crippen molar-refractivity contribution in [3.05, 3.63) is 0 Å². The molecule has 4 atom stereocenters. The van der Waals surface area contributed by atoms with Gasteiger partial charge in [0, 0.05) is 12.8 Å². The van der Waals surface area contributed by atoms with Gasteiger partial charge in [0.05, 0.1) is 26.4 Å². The first kappa shape index (κ1) is 46.5. The monoisotopic (exact) mass is 774 g/mol. The highest BCUT2D eigenvalue weighted by Gasteiger charge is 2.67. The van der Waals surface area contributed by atoms with Crippen LogP contribution in [-0.4, -0.2) is 112 Å². The Balaban J connectivity index is 5.23. The normalized spacial score (nSPS) is 17.6. The molecule has 0 aliphatic rings. The maximum Gasteiger partial charge on any atom is 0.460 e. The zero-order chi connectivity index (χ0) is 38.9. The molecule has 0 saturated heterocycles. The zero-order valence-corrected chi connectivity index (χ0v) is 24.3. The molecule has 0 N–H and O–H groups in total. The van der Waals surface area contributed by atoms with Crippen LogP contribution in [0.5, 0.6) is 0 Å². The van der Waals surface area contributed by atoms with E-state index in [1.807, 2.05) is 0 Å². The molecule has 4 unspecified atom stereocenters. The van der Waals surface area contributed by atoms with Crippen LogP contribution in [0.2, 0.25) is 0 Å². The van der Waals surface area contributed by atoms with Crippen molar-refractivity contribution in [2.24, 2.45) is 0 Å². The molecule has 0 bridgehead atoms. The Morgan fingerprint density at radius 3 is 1.00 bits per heavy atom. The Morgan fingerprint density at radius 2 is 0.776 bits per heavy atom. The number of hydrogen-bond donors (Lipinski definition) is 0. The first-order valence-electron chi connectivity index (χ1n) is 12.8. The van der Waals surface area contributed by atoms with Crippen LogP contribution in [0.1, 0.15) is 26.7 Å². The van der Waals surface area contributed by atoms with E-state index in [-0.39, 0.29) is 0 Å². The number of ether oxygens (including phenoxy) is 7. The van der Waals surface area contributed by atoms with E-state index >= 15 is 0 Å². The molecule has 9 nitrogen and oxygen atoms in total. The van der Waals surface area contributed by atoms with Crippen LogP contribution < -0.4 is 0 Å². The van der Waals surface area contributed by atoms with Crippen LogP contribution in [0.4, 0.5) is 79.0 Å². The van der Waals surface area contributed by atoms with Gasteiger partial charge in [-0.05, 0) is 0 Å². The summed E-state index contributed by atoms with van der Waals surface area (Å²) in [5, 5.41) is 0. The van der Waals surface area contributed by atoms with Gasteiger partial charge in [0.1, 0.15) is 13.2 Å². The molecule has 0 spiro atoms. The highest BCUT2D eigenvalue weighted by Crippen LogP contribution is 2.40. The van der Waals surface area contributed by atoms with Crippen LogP contribution in [0.25, 0.3) is 0 Å². The predicted molar refractivity (Wildman–Crippen MR) is 117 cm³/mol. The maximum absolute atomic E-state index is 14.4. The third kappa shape index (κ3) is 14.3. The molecule has 0 aliphatic heterocycles. The summed E-state index contributed by atoms with van der Waals surface area (Å²) in [4.78, 5) is 23.3. The summed E-state index contributed by atoms with van der Waals surface area (Å²) < 4.78 is 263. The highest BCUT2D eigenvalue weighted by atomic mass is 19.4. The Labute approximate surface area is 262 Å². The van der Waals surface area contributed by atoms with Crippen LogP contribution >= 0.6 is 0 Å². The third-order valence-corrected chi connectivity index (χ3v) is 5.23. The van der Waals surface area contributed by atoms with E-state index in [1.54, 1.807) is 0 Å². The second-order valence-corrected chi connectivity index (χ2v) is 8.97. The van der Waals surface area contributed by atoms with Gasteiger partial charge in [0.25, 0.3) is 0 Å². The van der Waals surface area contributed by atoms with Crippen LogP contribution in [0.3, 0.4) is 0 Å². The average Bonchev–Trinajstić information content (AvgIpc) is 2.93. The summed E-state index contributed by atoms with van der Waals surface area (Å²) in [5.41, 5.74) is 0. The lowest BCUT2D eigenvalue weighted by molar-refractivity contribution is -0.363. The van der Waals surface area contributed by atoms with Crippen molar-refractivity contribution < 1.29 is 122 Å². The largest absolute Gasteiger partial charge is 0.460 e. The Hall–Kier alpha value is -2.52. The molecule has 0 aromatic heterocycles. The molecule has 0 fully saturated rings. The summed E-state index contributed by atoms with van der Waals surface area (Å²) in [5.74, 6) is -17.7. The fourth-order valence-electron chi connectivity index (χ4n) is 2.54. The summed E-state index contributed by atoms with van der Waals surface area (Å²) in [6.45, 7) is -9.39. The van der Waals surface area contributed by atoms with Crippen molar-refractivity contribution in [3.8, 4) is 0 Å². The number of carbonyl (C=O) groups excluding carboxylic acids is 2. The van der Waals surface area contributed by atoms with Gasteiger partial charge in [-0.15, -0.1) is 0 Å². The molecule has 0 aliphatic carbocycles. The van der Waals surface area contributed by atoms with Gasteiger partial charge in [-0.1, -0.05) is 13.8 Å². The van der Waals surface area contributed by atoms with Gasteiger partial charge >= 0.3 is 60.6 Å². The fourth-order valence-corrected chi connectivity index (χ4v) is 2.54. The molecule has 0 amide bonds. The molecule has 0 rings (SSSR count).